The van der Waals surface area contributed by atoms with Gasteiger partial charge in [0, 0.05) is 20.1 Å². The third kappa shape index (κ3) is 2.35. The van der Waals surface area contributed by atoms with Crippen LogP contribution in [0.3, 0.4) is 0 Å². The van der Waals surface area contributed by atoms with Gasteiger partial charge in [0.1, 0.15) is 0 Å². The quantitative estimate of drug-likeness (QED) is 0.788. The molecule has 0 aliphatic carbocycles. The molecule has 4 nitrogen and oxygen atoms in total. The average Bonchev–Trinajstić information content (AvgIpc) is 2.71. The topological polar surface area (TPSA) is 38.1 Å². The van der Waals surface area contributed by atoms with E-state index in [4.69, 9.17) is 0 Å². The molecular formula is C13H21N3O. The van der Waals surface area contributed by atoms with Gasteiger partial charge in [-0.2, -0.15) is 5.10 Å². The van der Waals surface area contributed by atoms with Gasteiger partial charge in [0.15, 0.2) is 0 Å². The maximum Gasteiger partial charge on any atom is 0.257 e. The molecule has 0 bridgehead atoms. The lowest BCUT2D eigenvalue weighted by atomic mass is 10.0. The zero-order valence-corrected chi connectivity index (χ0v) is 10.9. The summed E-state index contributed by atoms with van der Waals surface area (Å²) in [6, 6.07) is 0. The molecule has 1 amide bonds. The van der Waals surface area contributed by atoms with Gasteiger partial charge < -0.3 is 4.90 Å². The van der Waals surface area contributed by atoms with Gasteiger partial charge in [-0.25, -0.2) is 0 Å². The van der Waals surface area contributed by atoms with Crippen molar-refractivity contribution in [1.29, 1.82) is 0 Å². The van der Waals surface area contributed by atoms with Gasteiger partial charge >= 0.3 is 0 Å². The van der Waals surface area contributed by atoms with Crippen molar-refractivity contribution < 1.29 is 4.79 Å². The summed E-state index contributed by atoms with van der Waals surface area (Å²) in [5, 5.41) is 4.22. The summed E-state index contributed by atoms with van der Waals surface area (Å²) in [5.74, 6) is 0.479. The van der Waals surface area contributed by atoms with E-state index >= 15 is 0 Å². The van der Waals surface area contributed by atoms with E-state index in [1.54, 1.807) is 6.20 Å². The van der Waals surface area contributed by atoms with Crippen LogP contribution < -0.4 is 0 Å². The lowest BCUT2D eigenvalue weighted by Crippen LogP contribution is -2.36. The van der Waals surface area contributed by atoms with Crippen LogP contribution >= 0.6 is 0 Å². The first-order valence-electron chi connectivity index (χ1n) is 6.42. The molecule has 1 aliphatic heterocycles. The van der Waals surface area contributed by atoms with E-state index in [1.807, 2.05) is 16.6 Å². The Hall–Kier alpha value is -1.32. The monoisotopic (exact) mass is 235 g/mol. The average molecular weight is 235 g/mol. The van der Waals surface area contributed by atoms with Gasteiger partial charge in [0.2, 0.25) is 0 Å². The fourth-order valence-corrected chi connectivity index (χ4v) is 2.56. The number of aryl methyl sites for hydroxylation is 1. The van der Waals surface area contributed by atoms with E-state index in [2.05, 4.69) is 18.9 Å². The number of rotatable bonds is 2. The summed E-state index contributed by atoms with van der Waals surface area (Å²) in [7, 11) is 1.91. The predicted molar refractivity (Wildman–Crippen MR) is 67.1 cm³/mol. The maximum atomic E-state index is 12.4. The van der Waals surface area contributed by atoms with Crippen molar-refractivity contribution in [2.45, 2.75) is 39.0 Å². The number of piperidine rings is 1. The van der Waals surface area contributed by atoms with Crippen molar-refractivity contribution in [2.75, 3.05) is 13.1 Å². The van der Waals surface area contributed by atoms with E-state index < -0.39 is 0 Å². The molecule has 2 rings (SSSR count). The Labute approximate surface area is 103 Å². The second-order valence-electron chi connectivity index (χ2n) is 5.07. The van der Waals surface area contributed by atoms with Crippen LogP contribution in [0.1, 0.15) is 55.1 Å². The van der Waals surface area contributed by atoms with Crippen molar-refractivity contribution in [3.63, 3.8) is 0 Å². The van der Waals surface area contributed by atoms with Crippen LogP contribution in [0.5, 0.6) is 0 Å². The normalized spacial score (nSPS) is 16.6. The lowest BCUT2D eigenvalue weighted by molar-refractivity contribution is 0.0722. The SMILES string of the molecule is CC(C)c1c(C(=O)N2CCCCC2)cnn1C. The van der Waals surface area contributed by atoms with E-state index in [0.29, 0.717) is 5.92 Å². The summed E-state index contributed by atoms with van der Waals surface area (Å²) in [4.78, 5) is 14.4. The van der Waals surface area contributed by atoms with Crippen molar-refractivity contribution in [2.24, 2.45) is 7.05 Å². The summed E-state index contributed by atoms with van der Waals surface area (Å²) < 4.78 is 1.82. The van der Waals surface area contributed by atoms with Crippen molar-refractivity contribution in [1.82, 2.24) is 14.7 Å². The molecule has 0 unspecified atom stereocenters. The third-order valence-corrected chi connectivity index (χ3v) is 3.41. The number of carbonyl (C=O) groups excluding carboxylic acids is 1. The van der Waals surface area contributed by atoms with E-state index in [-0.39, 0.29) is 5.91 Å². The van der Waals surface area contributed by atoms with E-state index in [9.17, 15) is 4.79 Å². The predicted octanol–water partition coefficient (Wildman–Crippen LogP) is 2.17. The molecule has 0 atom stereocenters. The van der Waals surface area contributed by atoms with Crippen LogP contribution in [-0.4, -0.2) is 33.7 Å². The molecule has 1 aromatic heterocycles. The molecule has 1 fully saturated rings. The molecule has 2 heterocycles. The minimum absolute atomic E-state index is 0.154. The number of hydrogen-bond acceptors (Lipinski definition) is 2. The van der Waals surface area contributed by atoms with Gasteiger partial charge in [-0.15, -0.1) is 0 Å². The molecule has 4 heteroatoms. The van der Waals surface area contributed by atoms with Gasteiger partial charge in [0.25, 0.3) is 5.91 Å². The van der Waals surface area contributed by atoms with Crippen molar-refractivity contribution >= 4 is 5.91 Å². The minimum Gasteiger partial charge on any atom is -0.339 e. The van der Waals surface area contributed by atoms with Crippen LogP contribution in [0.4, 0.5) is 0 Å². The number of amides is 1. The summed E-state index contributed by atoms with van der Waals surface area (Å²) in [5.41, 5.74) is 1.82. The van der Waals surface area contributed by atoms with Crippen LogP contribution in [0.2, 0.25) is 0 Å². The van der Waals surface area contributed by atoms with Crippen LogP contribution in [0, 0.1) is 0 Å². The fourth-order valence-electron chi connectivity index (χ4n) is 2.56. The largest absolute Gasteiger partial charge is 0.339 e. The highest BCUT2D eigenvalue weighted by Gasteiger charge is 2.24. The molecule has 0 saturated carbocycles. The Morgan fingerprint density at radius 3 is 2.53 bits per heavy atom. The van der Waals surface area contributed by atoms with E-state index in [1.165, 1.54) is 6.42 Å². The third-order valence-electron chi connectivity index (χ3n) is 3.41. The van der Waals surface area contributed by atoms with Gasteiger partial charge in [-0.3, -0.25) is 9.48 Å². The molecular weight excluding hydrogens is 214 g/mol. The molecule has 0 spiro atoms. The summed E-state index contributed by atoms with van der Waals surface area (Å²) in [6.45, 7) is 5.99. The molecule has 17 heavy (non-hydrogen) atoms. The number of likely N-dealkylation sites (tertiary alicyclic amines) is 1. The number of aromatic nitrogens is 2. The first kappa shape index (κ1) is 12.1. The number of nitrogens with zero attached hydrogens (tertiary/aromatic N) is 3. The van der Waals surface area contributed by atoms with Crippen LogP contribution in [0.25, 0.3) is 0 Å². The molecule has 0 N–H and O–H groups in total. The van der Waals surface area contributed by atoms with Crippen molar-refractivity contribution in [3.05, 3.63) is 17.5 Å². The second-order valence-corrected chi connectivity index (χ2v) is 5.07. The highest BCUT2D eigenvalue weighted by molar-refractivity contribution is 5.95. The molecule has 1 aliphatic rings. The van der Waals surface area contributed by atoms with E-state index in [0.717, 1.165) is 37.2 Å². The second kappa shape index (κ2) is 4.90. The first-order chi connectivity index (χ1) is 8.11. The van der Waals surface area contributed by atoms with Gasteiger partial charge in [-0.1, -0.05) is 13.8 Å². The maximum absolute atomic E-state index is 12.4. The Morgan fingerprint density at radius 1 is 1.29 bits per heavy atom. The first-order valence-corrected chi connectivity index (χ1v) is 6.42. The van der Waals surface area contributed by atoms with Crippen molar-refractivity contribution in [3.8, 4) is 0 Å². The molecule has 0 aromatic carbocycles. The number of hydrogen-bond donors (Lipinski definition) is 0. The van der Waals surface area contributed by atoms with Crippen LogP contribution in [0.15, 0.2) is 6.20 Å². The van der Waals surface area contributed by atoms with Gasteiger partial charge in [0.05, 0.1) is 17.5 Å². The molecule has 1 saturated heterocycles. The standard InChI is InChI=1S/C13H21N3O/c1-10(2)12-11(9-14-15(12)3)13(17)16-7-5-4-6-8-16/h9-10H,4-8H2,1-3H3. The summed E-state index contributed by atoms with van der Waals surface area (Å²) >= 11 is 0. The van der Waals surface area contributed by atoms with Crippen LogP contribution in [-0.2, 0) is 7.05 Å². The van der Waals surface area contributed by atoms with Gasteiger partial charge in [-0.05, 0) is 25.2 Å². The molecule has 1 aromatic rings. The molecule has 0 radical (unpaired) electrons. The highest BCUT2D eigenvalue weighted by Crippen LogP contribution is 2.21. The molecule has 94 valence electrons. The Morgan fingerprint density at radius 2 is 1.94 bits per heavy atom. The lowest BCUT2D eigenvalue weighted by Gasteiger charge is -2.27. The number of carbonyl (C=O) groups is 1. The summed E-state index contributed by atoms with van der Waals surface area (Å²) in [6.07, 6.45) is 5.21. The minimum atomic E-state index is 0.154. The smallest absolute Gasteiger partial charge is 0.257 e. The zero-order chi connectivity index (χ0) is 12.4. The highest BCUT2D eigenvalue weighted by atomic mass is 16.2. The Kier molecular flexibility index (Phi) is 3.50. The zero-order valence-electron chi connectivity index (χ0n) is 10.9. The fraction of sp³-hybridized carbons (Fsp3) is 0.692. The Balaban J connectivity index is 2.24. The Bertz CT molecular complexity index is 403.